The first-order valence-electron chi connectivity index (χ1n) is 6.58. The highest BCUT2D eigenvalue weighted by atomic mass is 16.1. The molecule has 0 bridgehead atoms. The number of rotatable bonds is 1. The van der Waals surface area contributed by atoms with Crippen LogP contribution in [0.25, 0.3) is 0 Å². The quantitative estimate of drug-likeness (QED) is 0.806. The molecule has 1 saturated heterocycles. The van der Waals surface area contributed by atoms with Gasteiger partial charge in [0.15, 0.2) is 5.82 Å². The van der Waals surface area contributed by atoms with E-state index in [0.29, 0.717) is 11.2 Å². The van der Waals surface area contributed by atoms with Crippen LogP contribution in [0.1, 0.15) is 38.5 Å². The van der Waals surface area contributed by atoms with Gasteiger partial charge in [0.25, 0.3) is 5.56 Å². The molecule has 92 valence electrons. The van der Waals surface area contributed by atoms with Crippen molar-refractivity contribution in [3.63, 3.8) is 0 Å². The Balaban J connectivity index is 1.73. The minimum atomic E-state index is -0.0603. The highest BCUT2D eigenvalue weighted by Gasteiger charge is 2.37. The summed E-state index contributed by atoms with van der Waals surface area (Å²) in [4.78, 5) is 20.7. The first-order chi connectivity index (χ1) is 8.29. The zero-order valence-corrected chi connectivity index (χ0v) is 10.1. The normalized spacial score (nSPS) is 23.2. The maximum Gasteiger partial charge on any atom is 0.290 e. The average molecular weight is 233 g/mol. The molecular formula is C13H19N3O. The van der Waals surface area contributed by atoms with E-state index >= 15 is 0 Å². The van der Waals surface area contributed by atoms with Crippen molar-refractivity contribution >= 4 is 5.82 Å². The number of hydrogen-bond acceptors (Lipinski definition) is 3. The Morgan fingerprint density at radius 2 is 1.88 bits per heavy atom. The van der Waals surface area contributed by atoms with Gasteiger partial charge in [-0.1, -0.05) is 12.8 Å². The van der Waals surface area contributed by atoms with Crippen molar-refractivity contribution in [1.29, 1.82) is 0 Å². The van der Waals surface area contributed by atoms with Crippen molar-refractivity contribution in [2.45, 2.75) is 38.5 Å². The molecule has 0 atom stereocenters. The van der Waals surface area contributed by atoms with Crippen molar-refractivity contribution in [2.75, 3.05) is 18.0 Å². The smallest absolute Gasteiger partial charge is 0.290 e. The molecule has 4 nitrogen and oxygen atoms in total. The fraction of sp³-hybridized carbons (Fsp3) is 0.692. The van der Waals surface area contributed by atoms with Crippen molar-refractivity contribution in [3.8, 4) is 0 Å². The monoisotopic (exact) mass is 233 g/mol. The number of H-pyrrole nitrogens is 1. The van der Waals surface area contributed by atoms with Crippen LogP contribution in [-0.4, -0.2) is 23.1 Å². The molecule has 3 rings (SSSR count). The summed E-state index contributed by atoms with van der Waals surface area (Å²) in [5.41, 5.74) is 0.535. The van der Waals surface area contributed by atoms with E-state index in [4.69, 9.17) is 0 Å². The lowest BCUT2D eigenvalue weighted by Gasteiger charge is -2.39. The van der Waals surface area contributed by atoms with Crippen LogP contribution in [-0.2, 0) is 0 Å². The number of anilines is 1. The third kappa shape index (κ3) is 1.96. The fourth-order valence-electron chi connectivity index (χ4n) is 3.39. The summed E-state index contributed by atoms with van der Waals surface area (Å²) in [5.74, 6) is 0.598. The Bertz CT molecular complexity index is 438. The molecule has 0 radical (unpaired) electrons. The van der Waals surface area contributed by atoms with Gasteiger partial charge in [-0.2, -0.15) is 0 Å². The van der Waals surface area contributed by atoms with Crippen LogP contribution >= 0.6 is 0 Å². The van der Waals surface area contributed by atoms with Gasteiger partial charge in [0, 0.05) is 25.5 Å². The van der Waals surface area contributed by atoms with Gasteiger partial charge in [-0.05, 0) is 31.1 Å². The molecule has 2 heterocycles. The van der Waals surface area contributed by atoms with Crippen LogP contribution < -0.4 is 10.5 Å². The van der Waals surface area contributed by atoms with Crippen LogP contribution in [0, 0.1) is 5.41 Å². The topological polar surface area (TPSA) is 49.0 Å². The number of nitrogens with one attached hydrogen (secondary N) is 1. The summed E-state index contributed by atoms with van der Waals surface area (Å²) >= 11 is 0. The minimum absolute atomic E-state index is 0.0603. The van der Waals surface area contributed by atoms with Gasteiger partial charge in [-0.3, -0.25) is 4.79 Å². The number of piperidine rings is 1. The second-order valence-corrected chi connectivity index (χ2v) is 5.44. The molecule has 2 fully saturated rings. The standard InChI is InChI=1S/C13H19N3O/c17-12-11(14-7-8-15-12)16-9-5-13(6-10-16)3-1-2-4-13/h7-8H,1-6,9-10H2,(H,15,17). The van der Waals surface area contributed by atoms with E-state index in [9.17, 15) is 4.79 Å². The van der Waals surface area contributed by atoms with E-state index in [0.717, 1.165) is 13.1 Å². The molecule has 1 aliphatic carbocycles. The predicted molar refractivity (Wildman–Crippen MR) is 67.2 cm³/mol. The minimum Gasteiger partial charge on any atom is -0.352 e. The van der Waals surface area contributed by atoms with E-state index in [1.54, 1.807) is 12.4 Å². The Morgan fingerprint density at radius 3 is 2.53 bits per heavy atom. The van der Waals surface area contributed by atoms with E-state index in [1.807, 2.05) is 0 Å². The molecule has 17 heavy (non-hydrogen) atoms. The van der Waals surface area contributed by atoms with Crippen molar-refractivity contribution in [3.05, 3.63) is 22.7 Å². The summed E-state index contributed by atoms with van der Waals surface area (Å²) in [7, 11) is 0. The fourth-order valence-corrected chi connectivity index (χ4v) is 3.39. The van der Waals surface area contributed by atoms with Gasteiger partial charge < -0.3 is 9.88 Å². The van der Waals surface area contributed by atoms with E-state index in [-0.39, 0.29) is 5.56 Å². The van der Waals surface area contributed by atoms with E-state index in [2.05, 4.69) is 14.9 Å². The van der Waals surface area contributed by atoms with Crippen LogP contribution in [0.15, 0.2) is 17.2 Å². The highest BCUT2D eigenvalue weighted by Crippen LogP contribution is 2.46. The molecule has 2 aliphatic rings. The second-order valence-electron chi connectivity index (χ2n) is 5.44. The largest absolute Gasteiger partial charge is 0.352 e. The lowest BCUT2D eigenvalue weighted by atomic mass is 9.77. The Kier molecular flexibility index (Phi) is 2.65. The lowest BCUT2D eigenvalue weighted by Crippen LogP contribution is -2.41. The third-order valence-electron chi connectivity index (χ3n) is 4.48. The van der Waals surface area contributed by atoms with Gasteiger partial charge in [-0.15, -0.1) is 0 Å². The Labute approximate surface area is 101 Å². The number of hydrogen-bond donors (Lipinski definition) is 1. The zero-order chi connectivity index (χ0) is 11.7. The van der Waals surface area contributed by atoms with Gasteiger partial charge in [0.05, 0.1) is 0 Å². The molecule has 0 unspecified atom stereocenters. The maximum absolute atomic E-state index is 11.7. The maximum atomic E-state index is 11.7. The predicted octanol–water partition coefficient (Wildman–Crippen LogP) is 1.93. The second kappa shape index (κ2) is 4.17. The highest BCUT2D eigenvalue weighted by molar-refractivity contribution is 5.35. The first kappa shape index (κ1) is 10.8. The van der Waals surface area contributed by atoms with Gasteiger partial charge in [0.1, 0.15) is 0 Å². The van der Waals surface area contributed by atoms with Gasteiger partial charge in [0.2, 0.25) is 0 Å². The summed E-state index contributed by atoms with van der Waals surface area (Å²) in [6, 6.07) is 0. The van der Waals surface area contributed by atoms with E-state index < -0.39 is 0 Å². The molecule has 0 aromatic carbocycles. The van der Waals surface area contributed by atoms with E-state index in [1.165, 1.54) is 38.5 Å². The zero-order valence-electron chi connectivity index (χ0n) is 10.1. The summed E-state index contributed by atoms with van der Waals surface area (Å²) in [5, 5.41) is 0. The Morgan fingerprint density at radius 1 is 1.18 bits per heavy atom. The van der Waals surface area contributed by atoms with Crippen molar-refractivity contribution in [2.24, 2.45) is 5.41 Å². The van der Waals surface area contributed by atoms with Crippen LogP contribution in [0.4, 0.5) is 5.82 Å². The summed E-state index contributed by atoms with van der Waals surface area (Å²) in [6.07, 6.45) is 11.3. The van der Waals surface area contributed by atoms with Crippen LogP contribution in [0.3, 0.4) is 0 Å². The summed E-state index contributed by atoms with van der Waals surface area (Å²) in [6.45, 7) is 1.97. The molecule has 1 aromatic rings. The van der Waals surface area contributed by atoms with Gasteiger partial charge in [-0.25, -0.2) is 4.98 Å². The number of aromatic amines is 1. The molecule has 1 spiro atoms. The first-order valence-corrected chi connectivity index (χ1v) is 6.58. The van der Waals surface area contributed by atoms with Crippen LogP contribution in [0.2, 0.25) is 0 Å². The summed E-state index contributed by atoms with van der Waals surface area (Å²) < 4.78 is 0. The molecule has 1 aliphatic heterocycles. The van der Waals surface area contributed by atoms with Crippen molar-refractivity contribution < 1.29 is 0 Å². The SMILES string of the molecule is O=c1[nH]ccnc1N1CCC2(CCCC2)CC1. The molecule has 0 amide bonds. The van der Waals surface area contributed by atoms with Gasteiger partial charge >= 0.3 is 0 Å². The molecular weight excluding hydrogens is 214 g/mol. The molecule has 1 N–H and O–H groups in total. The molecule has 1 aromatic heterocycles. The number of nitrogens with zero attached hydrogens (tertiary/aromatic N) is 2. The van der Waals surface area contributed by atoms with Crippen molar-refractivity contribution in [1.82, 2.24) is 9.97 Å². The Hall–Kier alpha value is -1.32. The third-order valence-corrected chi connectivity index (χ3v) is 4.48. The lowest BCUT2D eigenvalue weighted by molar-refractivity contribution is 0.226. The van der Waals surface area contributed by atoms with Crippen LogP contribution in [0.5, 0.6) is 0 Å². The average Bonchev–Trinajstić information content (AvgIpc) is 2.80. The number of aromatic nitrogens is 2. The molecule has 1 saturated carbocycles. The molecule has 4 heteroatoms.